The van der Waals surface area contributed by atoms with Gasteiger partial charge in [0.05, 0.1) is 0 Å². The Balaban J connectivity index is 1.78. The fraction of sp³-hybridized carbons (Fsp3) is 0.333. The number of amides is 3. The molecule has 1 aromatic heterocycles. The van der Waals surface area contributed by atoms with E-state index in [0.717, 1.165) is 5.56 Å². The van der Waals surface area contributed by atoms with E-state index in [2.05, 4.69) is 20.9 Å². The fourth-order valence-corrected chi connectivity index (χ4v) is 2.34. The van der Waals surface area contributed by atoms with E-state index < -0.39 is 11.7 Å². The van der Waals surface area contributed by atoms with Crippen LogP contribution in [-0.2, 0) is 16.1 Å². The highest BCUT2D eigenvalue weighted by molar-refractivity contribution is 5.92. The lowest BCUT2D eigenvalue weighted by atomic mass is 10.2. The minimum atomic E-state index is -0.585. The lowest BCUT2D eigenvalue weighted by molar-refractivity contribution is -0.116. The van der Waals surface area contributed by atoms with Crippen LogP contribution < -0.4 is 16.0 Å². The number of benzene rings is 1. The van der Waals surface area contributed by atoms with Gasteiger partial charge in [0.25, 0.3) is 5.91 Å². The summed E-state index contributed by atoms with van der Waals surface area (Å²) >= 11 is 0. The molecule has 0 radical (unpaired) electrons. The third kappa shape index (κ3) is 8.42. The van der Waals surface area contributed by atoms with Crippen molar-refractivity contribution in [2.45, 2.75) is 39.3 Å². The number of alkyl carbamates (subject to hydrolysis) is 1. The average Bonchev–Trinajstić information content (AvgIpc) is 2.65. The number of rotatable bonds is 7. The first-order valence-corrected chi connectivity index (χ1v) is 9.28. The normalized spacial score (nSPS) is 10.7. The molecule has 2 aromatic rings. The molecule has 0 aliphatic carbocycles. The summed E-state index contributed by atoms with van der Waals surface area (Å²) in [7, 11) is 0. The molecule has 8 nitrogen and oxygen atoms in total. The van der Waals surface area contributed by atoms with Crippen LogP contribution in [0.1, 0.15) is 43.2 Å². The van der Waals surface area contributed by atoms with Gasteiger partial charge in [-0.2, -0.15) is 0 Å². The van der Waals surface area contributed by atoms with E-state index in [4.69, 9.17) is 4.74 Å². The topological polar surface area (TPSA) is 109 Å². The molecular weight excluding hydrogens is 372 g/mol. The van der Waals surface area contributed by atoms with Gasteiger partial charge in [0.15, 0.2) is 0 Å². The number of hydrogen-bond acceptors (Lipinski definition) is 5. The number of ether oxygens (including phenoxy) is 1. The molecule has 0 aliphatic heterocycles. The quantitative estimate of drug-likeness (QED) is 0.664. The Bertz CT molecular complexity index is 847. The Morgan fingerprint density at radius 2 is 1.83 bits per heavy atom. The fourth-order valence-electron chi connectivity index (χ4n) is 2.34. The summed E-state index contributed by atoms with van der Waals surface area (Å²) in [6, 6.07) is 12.3. The van der Waals surface area contributed by atoms with Gasteiger partial charge in [-0.25, -0.2) is 4.79 Å². The van der Waals surface area contributed by atoms with Gasteiger partial charge >= 0.3 is 6.09 Å². The minimum Gasteiger partial charge on any atom is -0.444 e. The van der Waals surface area contributed by atoms with E-state index in [-0.39, 0.29) is 24.8 Å². The summed E-state index contributed by atoms with van der Waals surface area (Å²) in [5.41, 5.74) is 1.20. The molecule has 1 aromatic carbocycles. The summed E-state index contributed by atoms with van der Waals surface area (Å²) in [5, 5.41) is 8.09. The van der Waals surface area contributed by atoms with Crippen molar-refractivity contribution in [3.63, 3.8) is 0 Å². The van der Waals surface area contributed by atoms with E-state index in [1.807, 2.05) is 6.07 Å². The number of pyridine rings is 1. The third-order valence-electron chi connectivity index (χ3n) is 3.58. The van der Waals surface area contributed by atoms with Crippen molar-refractivity contribution in [2.24, 2.45) is 0 Å². The minimum absolute atomic E-state index is 0.111. The second-order valence-corrected chi connectivity index (χ2v) is 7.32. The third-order valence-corrected chi connectivity index (χ3v) is 3.58. The zero-order valence-corrected chi connectivity index (χ0v) is 16.8. The van der Waals surface area contributed by atoms with Gasteiger partial charge in [-0.3, -0.25) is 14.6 Å². The number of anilines is 1. The number of nitrogens with one attached hydrogen (secondary N) is 3. The highest BCUT2D eigenvalue weighted by atomic mass is 16.6. The Hall–Kier alpha value is -3.42. The summed E-state index contributed by atoms with van der Waals surface area (Å²) < 4.78 is 5.11. The number of carbonyl (C=O) groups is 3. The molecule has 0 atom stereocenters. The van der Waals surface area contributed by atoms with Crippen molar-refractivity contribution >= 4 is 23.6 Å². The Kier molecular flexibility index (Phi) is 7.70. The van der Waals surface area contributed by atoms with Gasteiger partial charge in [0.1, 0.15) is 11.3 Å². The lowest BCUT2D eigenvalue weighted by Crippen LogP contribution is -2.34. The molecule has 29 heavy (non-hydrogen) atoms. The Morgan fingerprint density at radius 1 is 1.03 bits per heavy atom. The first-order valence-electron chi connectivity index (χ1n) is 9.28. The van der Waals surface area contributed by atoms with Crippen LogP contribution in [0.15, 0.2) is 48.7 Å². The molecule has 0 bridgehead atoms. The van der Waals surface area contributed by atoms with Gasteiger partial charge < -0.3 is 20.7 Å². The lowest BCUT2D eigenvalue weighted by Gasteiger charge is -2.19. The highest BCUT2D eigenvalue weighted by Crippen LogP contribution is 2.11. The zero-order valence-electron chi connectivity index (χ0n) is 16.8. The Labute approximate surface area is 170 Å². The van der Waals surface area contributed by atoms with Crippen LogP contribution in [0.5, 0.6) is 0 Å². The maximum atomic E-state index is 12.1. The van der Waals surface area contributed by atoms with Gasteiger partial charge in [0, 0.05) is 31.4 Å². The first-order chi connectivity index (χ1) is 13.7. The van der Waals surface area contributed by atoms with Gasteiger partial charge in [-0.05, 0) is 50.6 Å². The number of nitrogens with zero attached hydrogens (tertiary/aromatic N) is 1. The Morgan fingerprint density at radius 3 is 2.52 bits per heavy atom. The number of aromatic nitrogens is 1. The summed E-state index contributed by atoms with van der Waals surface area (Å²) in [6.45, 7) is 5.78. The van der Waals surface area contributed by atoms with Crippen molar-refractivity contribution < 1.29 is 19.1 Å². The predicted octanol–water partition coefficient (Wildman–Crippen LogP) is 2.86. The van der Waals surface area contributed by atoms with Crippen molar-refractivity contribution in [3.05, 3.63) is 59.9 Å². The molecule has 8 heteroatoms. The molecule has 0 saturated heterocycles. The molecule has 1 heterocycles. The van der Waals surface area contributed by atoms with Crippen LogP contribution in [0.2, 0.25) is 0 Å². The standard InChI is InChI=1S/C21H26N4O4/c1-21(2,3)29-20(28)23-12-10-18(26)25-16-8-6-7-15(13-16)14-24-19(27)17-9-4-5-11-22-17/h4-9,11,13H,10,12,14H2,1-3H3,(H,23,28)(H,24,27)(H,25,26). The molecule has 0 aliphatic rings. The second kappa shape index (κ2) is 10.2. The molecule has 3 N–H and O–H groups in total. The number of hydrogen-bond donors (Lipinski definition) is 3. The molecule has 0 spiro atoms. The molecular formula is C21H26N4O4. The molecule has 3 amide bonds. The van der Waals surface area contributed by atoms with Crippen molar-refractivity contribution in [1.82, 2.24) is 15.6 Å². The van der Waals surface area contributed by atoms with E-state index in [0.29, 0.717) is 17.9 Å². The maximum absolute atomic E-state index is 12.1. The van der Waals surface area contributed by atoms with Crippen LogP contribution in [0.4, 0.5) is 10.5 Å². The van der Waals surface area contributed by atoms with Crippen molar-refractivity contribution in [3.8, 4) is 0 Å². The van der Waals surface area contributed by atoms with Gasteiger partial charge in [0.2, 0.25) is 5.91 Å². The zero-order chi connectivity index (χ0) is 21.3. The molecule has 0 unspecified atom stereocenters. The molecule has 2 rings (SSSR count). The SMILES string of the molecule is CC(C)(C)OC(=O)NCCC(=O)Nc1cccc(CNC(=O)c2ccccn2)c1. The number of carbonyl (C=O) groups excluding carboxylic acids is 3. The predicted molar refractivity (Wildman–Crippen MR) is 109 cm³/mol. The van der Waals surface area contributed by atoms with Crippen LogP contribution in [-0.4, -0.2) is 35.0 Å². The second-order valence-electron chi connectivity index (χ2n) is 7.32. The van der Waals surface area contributed by atoms with Crippen LogP contribution >= 0.6 is 0 Å². The van der Waals surface area contributed by atoms with E-state index in [1.165, 1.54) is 0 Å². The van der Waals surface area contributed by atoms with Crippen LogP contribution in [0.25, 0.3) is 0 Å². The van der Waals surface area contributed by atoms with Gasteiger partial charge in [-0.1, -0.05) is 18.2 Å². The first kappa shape index (κ1) is 21.9. The molecule has 0 fully saturated rings. The van der Waals surface area contributed by atoms with E-state index >= 15 is 0 Å². The smallest absolute Gasteiger partial charge is 0.407 e. The van der Waals surface area contributed by atoms with Gasteiger partial charge in [-0.15, -0.1) is 0 Å². The summed E-state index contributed by atoms with van der Waals surface area (Å²) in [6.07, 6.45) is 1.11. The monoisotopic (exact) mass is 398 g/mol. The average molecular weight is 398 g/mol. The van der Waals surface area contributed by atoms with E-state index in [9.17, 15) is 14.4 Å². The van der Waals surface area contributed by atoms with Crippen LogP contribution in [0.3, 0.4) is 0 Å². The highest BCUT2D eigenvalue weighted by Gasteiger charge is 2.16. The summed E-state index contributed by atoms with van der Waals surface area (Å²) in [5.74, 6) is -0.510. The maximum Gasteiger partial charge on any atom is 0.407 e. The van der Waals surface area contributed by atoms with Crippen LogP contribution in [0, 0.1) is 0 Å². The molecule has 154 valence electrons. The summed E-state index contributed by atoms with van der Waals surface area (Å²) in [4.78, 5) is 39.7. The van der Waals surface area contributed by atoms with Crippen molar-refractivity contribution in [1.29, 1.82) is 0 Å². The molecule has 0 saturated carbocycles. The van der Waals surface area contributed by atoms with E-state index in [1.54, 1.807) is 63.4 Å². The van der Waals surface area contributed by atoms with Crippen molar-refractivity contribution in [2.75, 3.05) is 11.9 Å². The largest absolute Gasteiger partial charge is 0.444 e.